The molecule has 2 aromatic carbocycles. The molecule has 0 bridgehead atoms. The second-order valence-corrected chi connectivity index (χ2v) is 7.40. The molecule has 0 atom stereocenters. The molecular weight excluding hydrogens is 438 g/mol. The first-order valence-electron chi connectivity index (χ1n) is 8.99. The van der Waals surface area contributed by atoms with Gasteiger partial charge >= 0.3 is 0 Å². The number of amides is 1. The molecule has 7 nitrogen and oxygen atoms in total. The number of hydrazone groups is 1. The second-order valence-electron chi connectivity index (χ2n) is 6.55. The maximum Gasteiger partial charge on any atom is 0.245 e. The molecule has 1 N–H and O–H groups in total. The first kappa shape index (κ1) is 21.0. The van der Waals surface area contributed by atoms with E-state index in [4.69, 9.17) is 19.5 Å². The molecule has 2 aromatic rings. The van der Waals surface area contributed by atoms with Crippen LogP contribution in [-0.2, 0) is 20.9 Å². The molecule has 0 radical (unpaired) electrons. The zero-order valence-electron chi connectivity index (χ0n) is 15.9. The highest BCUT2D eigenvalue weighted by Crippen LogP contribution is 2.27. The van der Waals surface area contributed by atoms with E-state index >= 15 is 0 Å². The monoisotopic (exact) mass is 457 g/mol. The lowest BCUT2D eigenvalue weighted by atomic mass is 10.1. The molecule has 1 amide bonds. The van der Waals surface area contributed by atoms with E-state index in [1.54, 1.807) is 19.1 Å². The second kappa shape index (κ2) is 9.65. The lowest BCUT2D eigenvalue weighted by Gasteiger charge is -2.20. The van der Waals surface area contributed by atoms with Crippen LogP contribution < -0.4 is 10.2 Å². The summed E-state index contributed by atoms with van der Waals surface area (Å²) in [6, 6.07) is 14.9. The summed E-state index contributed by atoms with van der Waals surface area (Å²) >= 11 is 3.47. The number of halogens is 1. The molecular formula is C21H20BrN3O4. The Morgan fingerprint density at radius 2 is 2.10 bits per heavy atom. The van der Waals surface area contributed by atoms with E-state index in [9.17, 15) is 4.79 Å². The Labute approximate surface area is 177 Å². The minimum absolute atomic E-state index is 0.0744. The topological polar surface area (TPSA) is 92.9 Å². The Morgan fingerprint density at radius 3 is 2.83 bits per heavy atom. The number of nitrogens with one attached hydrogen (secondary N) is 1. The molecule has 0 unspecified atom stereocenters. The van der Waals surface area contributed by atoms with E-state index in [0.717, 1.165) is 15.6 Å². The predicted octanol–water partition coefficient (Wildman–Crippen LogP) is 3.50. The van der Waals surface area contributed by atoms with E-state index in [1.807, 2.05) is 30.3 Å². The van der Waals surface area contributed by atoms with E-state index in [0.29, 0.717) is 24.5 Å². The lowest BCUT2D eigenvalue weighted by Crippen LogP contribution is -2.33. The first-order chi connectivity index (χ1) is 14.0. The molecule has 0 saturated carbocycles. The van der Waals surface area contributed by atoms with Crippen LogP contribution in [0.2, 0.25) is 0 Å². The van der Waals surface area contributed by atoms with Crippen LogP contribution in [0.3, 0.4) is 0 Å². The highest BCUT2D eigenvalue weighted by Gasteiger charge is 2.33. The van der Waals surface area contributed by atoms with Crippen molar-refractivity contribution in [2.24, 2.45) is 5.10 Å². The van der Waals surface area contributed by atoms with Gasteiger partial charge in [0, 0.05) is 5.56 Å². The number of ether oxygens (including phenoxy) is 3. The van der Waals surface area contributed by atoms with Crippen molar-refractivity contribution in [2.75, 3.05) is 13.2 Å². The molecule has 0 aliphatic carbocycles. The van der Waals surface area contributed by atoms with Gasteiger partial charge < -0.3 is 14.2 Å². The quantitative estimate of drug-likeness (QED) is 0.507. The van der Waals surface area contributed by atoms with E-state index in [1.165, 1.54) is 6.21 Å². The average Bonchev–Trinajstić information content (AvgIpc) is 3.13. The minimum Gasteiger partial charge on any atom is -0.488 e. The van der Waals surface area contributed by atoms with Crippen molar-refractivity contribution < 1.29 is 19.0 Å². The number of nitriles is 1. The third-order valence-corrected chi connectivity index (χ3v) is 4.88. The number of carbonyl (C=O) groups is 1. The Bertz CT molecular complexity index is 949. The number of nitrogens with zero attached hydrogens (tertiary/aromatic N) is 2. The molecule has 1 saturated heterocycles. The molecule has 0 aromatic heterocycles. The van der Waals surface area contributed by atoms with Gasteiger partial charge in [-0.3, -0.25) is 4.79 Å². The fourth-order valence-corrected chi connectivity index (χ4v) is 3.30. The van der Waals surface area contributed by atoms with Gasteiger partial charge in [-0.1, -0.05) is 18.2 Å². The largest absolute Gasteiger partial charge is 0.488 e. The molecule has 29 heavy (non-hydrogen) atoms. The van der Waals surface area contributed by atoms with Crippen LogP contribution in [0.15, 0.2) is 52.0 Å². The summed E-state index contributed by atoms with van der Waals surface area (Å²) in [4.78, 5) is 12.0. The van der Waals surface area contributed by atoms with Crippen molar-refractivity contribution in [1.29, 1.82) is 5.26 Å². The van der Waals surface area contributed by atoms with Gasteiger partial charge in [-0.05, 0) is 52.7 Å². The smallest absolute Gasteiger partial charge is 0.245 e. The normalized spacial score (nSPS) is 15.2. The molecule has 1 fully saturated rings. The van der Waals surface area contributed by atoms with Crippen LogP contribution >= 0.6 is 15.9 Å². The van der Waals surface area contributed by atoms with Crippen molar-refractivity contribution in [3.63, 3.8) is 0 Å². The van der Waals surface area contributed by atoms with E-state index in [2.05, 4.69) is 32.5 Å². The number of hydrogen-bond acceptors (Lipinski definition) is 6. The molecule has 1 aliphatic heterocycles. The Kier molecular flexibility index (Phi) is 6.99. The summed E-state index contributed by atoms with van der Waals surface area (Å²) in [7, 11) is 0. The van der Waals surface area contributed by atoms with Crippen LogP contribution in [0.1, 0.15) is 30.0 Å². The summed E-state index contributed by atoms with van der Waals surface area (Å²) in [5, 5.41) is 13.1. The number of carbonyl (C=O) groups excluding carboxylic acids is 1. The molecule has 150 valence electrons. The average molecular weight is 458 g/mol. The van der Waals surface area contributed by atoms with E-state index < -0.39 is 5.79 Å². The minimum atomic E-state index is -0.883. The summed E-state index contributed by atoms with van der Waals surface area (Å²) in [5.74, 6) is -0.533. The molecule has 1 aliphatic rings. The molecule has 8 heteroatoms. The summed E-state index contributed by atoms with van der Waals surface area (Å²) < 4.78 is 17.3. The molecule has 1 heterocycles. The van der Waals surface area contributed by atoms with Crippen molar-refractivity contribution in [3.8, 4) is 11.8 Å². The number of hydrogen-bond donors (Lipinski definition) is 1. The van der Waals surface area contributed by atoms with Crippen molar-refractivity contribution >= 4 is 28.1 Å². The van der Waals surface area contributed by atoms with Crippen LogP contribution in [0.25, 0.3) is 0 Å². The fraction of sp³-hybridized carbons (Fsp3) is 0.286. The van der Waals surface area contributed by atoms with Crippen LogP contribution in [-0.4, -0.2) is 31.1 Å². The van der Waals surface area contributed by atoms with Gasteiger partial charge in [0.25, 0.3) is 0 Å². The Hall–Kier alpha value is -2.73. The van der Waals surface area contributed by atoms with Crippen molar-refractivity contribution in [3.05, 3.63) is 63.6 Å². The zero-order valence-corrected chi connectivity index (χ0v) is 17.4. The van der Waals surface area contributed by atoms with Crippen molar-refractivity contribution in [1.82, 2.24) is 5.43 Å². The van der Waals surface area contributed by atoms with Gasteiger partial charge in [0.1, 0.15) is 12.4 Å². The maximum atomic E-state index is 12.0. The maximum absolute atomic E-state index is 12.0. The van der Waals surface area contributed by atoms with Crippen LogP contribution in [0.5, 0.6) is 5.75 Å². The third kappa shape index (κ3) is 5.87. The van der Waals surface area contributed by atoms with Crippen molar-refractivity contribution in [2.45, 2.75) is 25.7 Å². The molecule has 0 spiro atoms. The van der Waals surface area contributed by atoms with Crippen LogP contribution in [0.4, 0.5) is 0 Å². The lowest BCUT2D eigenvalue weighted by molar-refractivity contribution is -0.159. The third-order valence-electron chi connectivity index (χ3n) is 4.26. The fourth-order valence-electron chi connectivity index (χ4n) is 2.79. The standard InChI is InChI=1S/C21H20BrN3O4/c1-21(28-8-9-29-21)11-20(26)25-24-13-15-6-7-19(18(22)10-15)27-14-17-5-3-2-4-16(17)12-23/h2-7,10,13H,8-9,11,14H2,1H3,(H,25,26). The number of rotatable bonds is 7. The Balaban J connectivity index is 1.54. The Morgan fingerprint density at radius 1 is 1.34 bits per heavy atom. The molecule has 3 rings (SSSR count). The van der Waals surface area contributed by atoms with Gasteiger partial charge in [0.2, 0.25) is 5.91 Å². The highest BCUT2D eigenvalue weighted by atomic mass is 79.9. The van der Waals surface area contributed by atoms with Gasteiger partial charge in [-0.15, -0.1) is 0 Å². The van der Waals surface area contributed by atoms with E-state index in [-0.39, 0.29) is 18.9 Å². The summed E-state index contributed by atoms with van der Waals surface area (Å²) in [6.07, 6.45) is 1.61. The predicted molar refractivity (Wildman–Crippen MR) is 110 cm³/mol. The van der Waals surface area contributed by atoms with Gasteiger partial charge in [0.15, 0.2) is 5.79 Å². The SMILES string of the molecule is CC1(CC(=O)NN=Cc2ccc(OCc3ccccc3C#N)c(Br)c2)OCCO1. The summed E-state index contributed by atoms with van der Waals surface area (Å²) in [6.45, 7) is 2.98. The highest BCUT2D eigenvalue weighted by molar-refractivity contribution is 9.10. The van der Waals surface area contributed by atoms with Gasteiger partial charge in [0.05, 0.1) is 42.0 Å². The number of benzene rings is 2. The van der Waals surface area contributed by atoms with Gasteiger partial charge in [-0.25, -0.2) is 5.43 Å². The van der Waals surface area contributed by atoms with Gasteiger partial charge in [-0.2, -0.15) is 10.4 Å². The van der Waals surface area contributed by atoms with Crippen LogP contribution in [0, 0.1) is 11.3 Å². The zero-order chi connectivity index (χ0) is 20.7. The summed E-state index contributed by atoms with van der Waals surface area (Å²) in [5.41, 5.74) is 4.66. The first-order valence-corrected chi connectivity index (χ1v) is 9.78.